The van der Waals surface area contributed by atoms with Gasteiger partial charge in [-0.3, -0.25) is 9.36 Å². The first kappa shape index (κ1) is 16.3. The van der Waals surface area contributed by atoms with Crippen molar-refractivity contribution in [2.45, 2.75) is 6.54 Å². The van der Waals surface area contributed by atoms with E-state index < -0.39 is 0 Å². The number of hydrogen-bond donors (Lipinski definition) is 1. The summed E-state index contributed by atoms with van der Waals surface area (Å²) in [6, 6.07) is 15.2. The van der Waals surface area contributed by atoms with Crippen LogP contribution in [0.2, 0.25) is 0 Å². The predicted molar refractivity (Wildman–Crippen MR) is 97.9 cm³/mol. The minimum Gasteiger partial charge on any atom is -0.496 e. The van der Waals surface area contributed by atoms with E-state index in [2.05, 4.69) is 26.2 Å². The molecule has 0 saturated heterocycles. The van der Waals surface area contributed by atoms with Crippen LogP contribution in [-0.4, -0.2) is 16.7 Å². The van der Waals surface area contributed by atoms with Gasteiger partial charge in [0.25, 0.3) is 5.56 Å². The Hall–Kier alpha value is -2.60. The number of hydrogen-bond acceptors (Lipinski definition) is 4. The number of aromatic nitrogens is 2. The van der Waals surface area contributed by atoms with Crippen molar-refractivity contribution < 1.29 is 4.74 Å². The molecule has 0 aliphatic carbocycles. The Morgan fingerprint density at radius 1 is 1.17 bits per heavy atom. The second-order valence-electron chi connectivity index (χ2n) is 5.09. The van der Waals surface area contributed by atoms with Crippen LogP contribution in [0, 0.1) is 0 Å². The Morgan fingerprint density at radius 2 is 1.92 bits per heavy atom. The van der Waals surface area contributed by atoms with Gasteiger partial charge in [0, 0.05) is 34.7 Å². The zero-order chi connectivity index (χ0) is 16.9. The molecule has 3 rings (SSSR count). The molecule has 0 aliphatic heterocycles. The summed E-state index contributed by atoms with van der Waals surface area (Å²) < 4.78 is 7.84. The minimum absolute atomic E-state index is 0.199. The molecule has 2 aromatic carbocycles. The van der Waals surface area contributed by atoms with Crippen LogP contribution in [0.5, 0.6) is 5.75 Å². The van der Waals surface area contributed by atoms with E-state index in [-0.39, 0.29) is 5.56 Å². The van der Waals surface area contributed by atoms with Crippen molar-refractivity contribution in [3.8, 4) is 11.4 Å². The number of halogens is 1. The van der Waals surface area contributed by atoms with Gasteiger partial charge in [-0.1, -0.05) is 34.1 Å². The molecule has 1 heterocycles. The highest BCUT2D eigenvalue weighted by molar-refractivity contribution is 9.10. The van der Waals surface area contributed by atoms with E-state index in [1.54, 1.807) is 24.1 Å². The maximum Gasteiger partial charge on any atom is 0.297 e. The van der Waals surface area contributed by atoms with Gasteiger partial charge in [0.15, 0.2) is 5.82 Å². The molecular weight excluding hydrogens is 370 g/mol. The fourth-order valence-electron chi connectivity index (χ4n) is 2.37. The van der Waals surface area contributed by atoms with Crippen LogP contribution in [0.4, 0.5) is 5.82 Å². The van der Waals surface area contributed by atoms with Crippen LogP contribution in [0.1, 0.15) is 5.56 Å². The summed E-state index contributed by atoms with van der Waals surface area (Å²) in [6.45, 7) is 0.455. The standard InChI is InChI=1S/C18H16BrN3O2/c1-24-16-5-3-2-4-13(16)12-21-17-18(23)22(11-10-20-17)15-8-6-14(19)7-9-15/h2-11H,12H2,1H3,(H,20,21). The molecule has 3 aromatic rings. The molecule has 1 aromatic heterocycles. The normalized spacial score (nSPS) is 10.4. The molecule has 5 nitrogen and oxygen atoms in total. The number of nitrogens with one attached hydrogen (secondary N) is 1. The van der Waals surface area contributed by atoms with E-state index in [9.17, 15) is 4.79 Å². The van der Waals surface area contributed by atoms with Crippen LogP contribution < -0.4 is 15.6 Å². The van der Waals surface area contributed by atoms with Crippen molar-refractivity contribution in [1.29, 1.82) is 0 Å². The molecular formula is C18H16BrN3O2. The number of para-hydroxylation sites is 1. The Balaban J connectivity index is 1.86. The molecule has 0 amide bonds. The lowest BCUT2D eigenvalue weighted by molar-refractivity contribution is 0.410. The number of methoxy groups -OCH3 is 1. The van der Waals surface area contributed by atoms with Crippen LogP contribution >= 0.6 is 15.9 Å². The van der Waals surface area contributed by atoms with Crippen molar-refractivity contribution in [2.75, 3.05) is 12.4 Å². The lowest BCUT2D eigenvalue weighted by atomic mass is 10.2. The summed E-state index contributed by atoms with van der Waals surface area (Å²) in [5.41, 5.74) is 1.54. The first-order chi connectivity index (χ1) is 11.7. The first-order valence-corrected chi connectivity index (χ1v) is 8.17. The first-order valence-electron chi connectivity index (χ1n) is 7.38. The Kier molecular flexibility index (Phi) is 4.96. The molecule has 0 bridgehead atoms. The van der Waals surface area contributed by atoms with E-state index in [1.165, 1.54) is 0 Å². The number of nitrogens with zero attached hydrogens (tertiary/aromatic N) is 2. The van der Waals surface area contributed by atoms with Gasteiger partial charge in [0.2, 0.25) is 0 Å². The maximum atomic E-state index is 12.6. The molecule has 0 saturated carbocycles. The van der Waals surface area contributed by atoms with Crippen molar-refractivity contribution in [3.63, 3.8) is 0 Å². The molecule has 24 heavy (non-hydrogen) atoms. The number of benzene rings is 2. The van der Waals surface area contributed by atoms with Crippen LogP contribution in [0.3, 0.4) is 0 Å². The van der Waals surface area contributed by atoms with Gasteiger partial charge in [-0.25, -0.2) is 4.98 Å². The SMILES string of the molecule is COc1ccccc1CNc1nccn(-c2ccc(Br)cc2)c1=O. The number of ether oxygens (including phenoxy) is 1. The minimum atomic E-state index is -0.199. The third kappa shape index (κ3) is 3.49. The van der Waals surface area contributed by atoms with Gasteiger partial charge in [0.05, 0.1) is 7.11 Å². The van der Waals surface area contributed by atoms with E-state index in [4.69, 9.17) is 4.74 Å². The highest BCUT2D eigenvalue weighted by Gasteiger charge is 2.08. The quantitative estimate of drug-likeness (QED) is 0.728. The van der Waals surface area contributed by atoms with Gasteiger partial charge in [-0.2, -0.15) is 0 Å². The van der Waals surface area contributed by atoms with Crippen molar-refractivity contribution in [2.24, 2.45) is 0 Å². The highest BCUT2D eigenvalue weighted by atomic mass is 79.9. The summed E-state index contributed by atoms with van der Waals surface area (Å²) in [5.74, 6) is 1.07. The molecule has 0 spiro atoms. The molecule has 0 unspecified atom stereocenters. The third-order valence-electron chi connectivity index (χ3n) is 3.58. The van der Waals surface area contributed by atoms with E-state index >= 15 is 0 Å². The molecule has 0 atom stereocenters. The smallest absolute Gasteiger partial charge is 0.297 e. The summed E-state index contributed by atoms with van der Waals surface area (Å²) >= 11 is 3.39. The molecule has 122 valence electrons. The number of anilines is 1. The summed E-state index contributed by atoms with van der Waals surface area (Å²) in [4.78, 5) is 16.8. The topological polar surface area (TPSA) is 56.1 Å². The van der Waals surface area contributed by atoms with Crippen molar-refractivity contribution >= 4 is 21.7 Å². The van der Waals surface area contributed by atoms with Gasteiger partial charge in [-0.05, 0) is 30.3 Å². The van der Waals surface area contributed by atoms with Gasteiger partial charge in [0.1, 0.15) is 5.75 Å². The monoisotopic (exact) mass is 385 g/mol. The Labute approximate surface area is 148 Å². The van der Waals surface area contributed by atoms with Crippen LogP contribution in [-0.2, 0) is 6.54 Å². The average molecular weight is 386 g/mol. The van der Waals surface area contributed by atoms with E-state index in [0.717, 1.165) is 21.5 Å². The molecule has 0 fully saturated rings. The molecule has 1 N–H and O–H groups in total. The highest BCUT2D eigenvalue weighted by Crippen LogP contribution is 2.18. The molecule has 0 aliphatic rings. The van der Waals surface area contributed by atoms with Crippen LogP contribution in [0.25, 0.3) is 5.69 Å². The Bertz CT molecular complexity index is 891. The van der Waals surface area contributed by atoms with E-state index in [1.807, 2.05) is 48.5 Å². The largest absolute Gasteiger partial charge is 0.496 e. The second kappa shape index (κ2) is 7.31. The molecule has 0 radical (unpaired) electrons. The fraction of sp³-hybridized carbons (Fsp3) is 0.111. The molecule has 6 heteroatoms. The number of rotatable bonds is 5. The second-order valence-corrected chi connectivity index (χ2v) is 6.01. The van der Waals surface area contributed by atoms with Crippen molar-refractivity contribution in [3.05, 3.63) is 81.3 Å². The van der Waals surface area contributed by atoms with E-state index in [0.29, 0.717) is 12.4 Å². The zero-order valence-electron chi connectivity index (χ0n) is 13.1. The summed E-state index contributed by atoms with van der Waals surface area (Å²) in [6.07, 6.45) is 3.26. The summed E-state index contributed by atoms with van der Waals surface area (Å²) in [7, 11) is 1.63. The summed E-state index contributed by atoms with van der Waals surface area (Å²) in [5, 5.41) is 3.09. The predicted octanol–water partition coefficient (Wildman–Crippen LogP) is 3.62. The van der Waals surface area contributed by atoms with Gasteiger partial charge >= 0.3 is 0 Å². The lowest BCUT2D eigenvalue weighted by Crippen LogP contribution is -2.23. The fourth-order valence-corrected chi connectivity index (χ4v) is 2.63. The maximum absolute atomic E-state index is 12.6. The van der Waals surface area contributed by atoms with Gasteiger partial charge in [-0.15, -0.1) is 0 Å². The lowest BCUT2D eigenvalue weighted by Gasteiger charge is -2.11. The average Bonchev–Trinajstić information content (AvgIpc) is 2.62. The van der Waals surface area contributed by atoms with Crippen molar-refractivity contribution in [1.82, 2.24) is 9.55 Å². The Morgan fingerprint density at radius 3 is 2.67 bits per heavy atom. The zero-order valence-corrected chi connectivity index (χ0v) is 14.7. The van der Waals surface area contributed by atoms with Crippen LogP contribution in [0.15, 0.2) is 70.2 Å². The van der Waals surface area contributed by atoms with Gasteiger partial charge < -0.3 is 10.1 Å². The third-order valence-corrected chi connectivity index (χ3v) is 4.11.